The van der Waals surface area contributed by atoms with Gasteiger partial charge in [0.15, 0.2) is 9.84 Å². The number of hydrogen-bond donors (Lipinski definition) is 1. The highest BCUT2D eigenvalue weighted by Gasteiger charge is 2.24. The Hall–Kier alpha value is -1.62. The predicted molar refractivity (Wildman–Crippen MR) is 72.4 cm³/mol. The quantitative estimate of drug-likeness (QED) is 0.864. The minimum Gasteiger partial charge on any atom is -0.478 e. The van der Waals surface area contributed by atoms with Crippen LogP contribution in [0.2, 0.25) is 0 Å². The molecule has 1 aromatic carbocycles. The lowest BCUT2D eigenvalue weighted by atomic mass is 9.93. The Balaban J connectivity index is 2.65. The number of aryl methyl sites for hydroxylation is 1. The van der Waals surface area contributed by atoms with Crippen molar-refractivity contribution in [3.8, 4) is 0 Å². The smallest absolute Gasteiger partial charge is 0.335 e. The number of carboxylic acid groups (broad SMARTS) is 1. The van der Waals surface area contributed by atoms with Crippen LogP contribution in [0.5, 0.6) is 0 Å². The summed E-state index contributed by atoms with van der Waals surface area (Å²) in [6.07, 6.45) is 6.77. The van der Waals surface area contributed by atoms with Gasteiger partial charge in [0.25, 0.3) is 0 Å². The molecule has 1 N–H and O–H groups in total. The van der Waals surface area contributed by atoms with Crippen LogP contribution in [-0.4, -0.2) is 25.7 Å². The third kappa shape index (κ3) is 2.71. The standard InChI is InChI=1S/C14H16O4S/c1-9-7-12(10-5-3-4-6-10)13(19(2,17)18)8-11(9)14(15)16/h3-4,7-8,10H,5-6H2,1-2H3,(H,15,16). The predicted octanol–water partition coefficient (Wildman–Crippen LogP) is 2.53. The highest BCUT2D eigenvalue weighted by atomic mass is 32.2. The molecule has 5 heteroatoms. The fraction of sp³-hybridized carbons (Fsp3) is 0.357. The molecule has 0 spiro atoms. The van der Waals surface area contributed by atoms with Gasteiger partial charge in [0.1, 0.15) is 0 Å². The number of hydrogen-bond acceptors (Lipinski definition) is 3. The lowest BCUT2D eigenvalue weighted by Crippen LogP contribution is -2.10. The van der Waals surface area contributed by atoms with Crippen molar-refractivity contribution < 1.29 is 18.3 Å². The molecule has 1 aliphatic rings. The van der Waals surface area contributed by atoms with E-state index in [1.165, 1.54) is 6.07 Å². The van der Waals surface area contributed by atoms with Gasteiger partial charge < -0.3 is 5.11 Å². The molecule has 0 bridgehead atoms. The number of carboxylic acids is 1. The lowest BCUT2D eigenvalue weighted by Gasteiger charge is -2.16. The van der Waals surface area contributed by atoms with E-state index in [2.05, 4.69) is 0 Å². The second-order valence-corrected chi connectivity index (χ2v) is 6.91. The van der Waals surface area contributed by atoms with Crippen LogP contribution >= 0.6 is 0 Å². The van der Waals surface area contributed by atoms with E-state index in [1.807, 2.05) is 12.2 Å². The molecule has 0 radical (unpaired) electrons. The minimum atomic E-state index is -3.43. The number of sulfone groups is 1. The maximum absolute atomic E-state index is 11.9. The molecule has 0 unspecified atom stereocenters. The van der Waals surface area contributed by atoms with Gasteiger partial charge in [-0.05, 0) is 42.9 Å². The van der Waals surface area contributed by atoms with Crippen molar-refractivity contribution in [1.82, 2.24) is 0 Å². The summed E-state index contributed by atoms with van der Waals surface area (Å²) in [5.41, 5.74) is 1.38. The molecule has 2 rings (SSSR count). The van der Waals surface area contributed by atoms with Gasteiger partial charge in [0.2, 0.25) is 0 Å². The van der Waals surface area contributed by atoms with Gasteiger partial charge in [0, 0.05) is 6.26 Å². The van der Waals surface area contributed by atoms with Crippen molar-refractivity contribution in [3.63, 3.8) is 0 Å². The topological polar surface area (TPSA) is 71.4 Å². The van der Waals surface area contributed by atoms with Gasteiger partial charge in [-0.2, -0.15) is 0 Å². The first-order valence-electron chi connectivity index (χ1n) is 6.03. The Labute approximate surface area is 112 Å². The molecule has 0 aliphatic heterocycles. The number of benzene rings is 1. The SMILES string of the molecule is Cc1cc(C2CC=CC2)c(S(C)(=O)=O)cc1C(=O)O. The number of rotatable bonds is 3. The van der Waals surface area contributed by atoms with Gasteiger partial charge in [0.05, 0.1) is 10.5 Å². The average molecular weight is 280 g/mol. The Morgan fingerprint density at radius 1 is 1.26 bits per heavy atom. The lowest BCUT2D eigenvalue weighted by molar-refractivity contribution is 0.0696. The van der Waals surface area contributed by atoms with Crippen LogP contribution in [0.15, 0.2) is 29.2 Å². The van der Waals surface area contributed by atoms with E-state index < -0.39 is 15.8 Å². The summed E-state index contributed by atoms with van der Waals surface area (Å²) in [7, 11) is -3.43. The maximum atomic E-state index is 11.9. The fourth-order valence-corrected chi connectivity index (χ4v) is 3.44. The number of carbonyl (C=O) groups is 1. The zero-order chi connectivity index (χ0) is 14.2. The van der Waals surface area contributed by atoms with Crippen LogP contribution in [0.1, 0.15) is 40.2 Å². The molecular formula is C14H16O4S. The molecule has 19 heavy (non-hydrogen) atoms. The van der Waals surface area contributed by atoms with Crippen LogP contribution in [0.3, 0.4) is 0 Å². The molecule has 1 aliphatic carbocycles. The van der Waals surface area contributed by atoms with Crippen LogP contribution in [0.25, 0.3) is 0 Å². The second-order valence-electron chi connectivity index (χ2n) is 4.92. The third-order valence-corrected chi connectivity index (χ3v) is 4.59. The van der Waals surface area contributed by atoms with Crippen molar-refractivity contribution in [2.24, 2.45) is 0 Å². The number of allylic oxidation sites excluding steroid dienone is 2. The second kappa shape index (κ2) is 4.81. The normalized spacial score (nSPS) is 15.9. The molecule has 0 aromatic heterocycles. The Bertz CT molecular complexity index is 648. The minimum absolute atomic E-state index is 0.0510. The van der Waals surface area contributed by atoms with E-state index >= 15 is 0 Å². The van der Waals surface area contributed by atoms with Gasteiger partial charge in [-0.25, -0.2) is 13.2 Å². The highest BCUT2D eigenvalue weighted by molar-refractivity contribution is 7.90. The van der Waals surface area contributed by atoms with E-state index in [4.69, 9.17) is 5.11 Å². The Morgan fingerprint density at radius 3 is 2.32 bits per heavy atom. The molecule has 1 aromatic rings. The van der Waals surface area contributed by atoms with E-state index in [1.54, 1.807) is 13.0 Å². The summed E-state index contributed by atoms with van der Waals surface area (Å²) in [6.45, 7) is 1.70. The van der Waals surface area contributed by atoms with Gasteiger partial charge in [-0.3, -0.25) is 0 Å². The molecule has 0 atom stereocenters. The molecule has 0 heterocycles. The first-order valence-corrected chi connectivity index (χ1v) is 7.92. The average Bonchev–Trinajstić information content (AvgIpc) is 2.79. The molecule has 0 saturated carbocycles. The number of aromatic carboxylic acids is 1. The summed E-state index contributed by atoms with van der Waals surface area (Å²) < 4.78 is 23.8. The molecule has 0 saturated heterocycles. The Morgan fingerprint density at radius 2 is 1.84 bits per heavy atom. The maximum Gasteiger partial charge on any atom is 0.335 e. The van der Waals surface area contributed by atoms with Crippen LogP contribution < -0.4 is 0 Å². The fourth-order valence-electron chi connectivity index (χ4n) is 2.45. The van der Waals surface area contributed by atoms with Crippen molar-refractivity contribution in [2.75, 3.05) is 6.26 Å². The first kappa shape index (κ1) is 13.8. The van der Waals surface area contributed by atoms with Crippen LogP contribution in [0.4, 0.5) is 0 Å². The summed E-state index contributed by atoms with van der Waals surface area (Å²) in [4.78, 5) is 11.3. The van der Waals surface area contributed by atoms with E-state index in [-0.39, 0.29) is 16.4 Å². The largest absolute Gasteiger partial charge is 0.478 e. The van der Waals surface area contributed by atoms with Crippen LogP contribution in [-0.2, 0) is 9.84 Å². The molecule has 102 valence electrons. The zero-order valence-corrected chi connectivity index (χ0v) is 11.7. The third-order valence-electron chi connectivity index (χ3n) is 3.43. The van der Waals surface area contributed by atoms with Crippen molar-refractivity contribution in [3.05, 3.63) is 41.0 Å². The van der Waals surface area contributed by atoms with Crippen LogP contribution in [0, 0.1) is 6.92 Å². The van der Waals surface area contributed by atoms with Crippen molar-refractivity contribution >= 4 is 15.8 Å². The molecule has 0 amide bonds. The molecule has 0 fully saturated rings. The Kier molecular flexibility index (Phi) is 3.49. The van der Waals surface area contributed by atoms with Crippen molar-refractivity contribution in [2.45, 2.75) is 30.6 Å². The van der Waals surface area contributed by atoms with Gasteiger partial charge >= 0.3 is 5.97 Å². The monoisotopic (exact) mass is 280 g/mol. The summed E-state index contributed by atoms with van der Waals surface area (Å²) in [6, 6.07) is 3.00. The molecular weight excluding hydrogens is 264 g/mol. The summed E-state index contributed by atoms with van der Waals surface area (Å²) >= 11 is 0. The van der Waals surface area contributed by atoms with Crippen molar-refractivity contribution in [1.29, 1.82) is 0 Å². The van der Waals surface area contributed by atoms with E-state index in [9.17, 15) is 13.2 Å². The molecule has 4 nitrogen and oxygen atoms in total. The zero-order valence-electron chi connectivity index (χ0n) is 10.9. The van der Waals surface area contributed by atoms with E-state index in [0.29, 0.717) is 5.56 Å². The van der Waals surface area contributed by atoms with E-state index in [0.717, 1.165) is 24.7 Å². The van der Waals surface area contributed by atoms with Gasteiger partial charge in [-0.1, -0.05) is 18.2 Å². The summed E-state index contributed by atoms with van der Waals surface area (Å²) in [5, 5.41) is 9.10. The highest BCUT2D eigenvalue weighted by Crippen LogP contribution is 2.35. The van der Waals surface area contributed by atoms with Gasteiger partial charge in [-0.15, -0.1) is 0 Å². The first-order chi connectivity index (χ1) is 8.80. The summed E-state index contributed by atoms with van der Waals surface area (Å²) in [5.74, 6) is -0.968.